The van der Waals surface area contributed by atoms with Gasteiger partial charge in [0.1, 0.15) is 42.0 Å². The minimum absolute atomic E-state index is 0.0735. The summed E-state index contributed by atoms with van der Waals surface area (Å²) in [5.41, 5.74) is 27.9. The number of carbonyl (C=O) groups is 1. The number of nitrogens with two attached hydrogens (primary N) is 5. The van der Waals surface area contributed by atoms with Crippen molar-refractivity contribution >= 4 is 11.7 Å². The Kier molecular flexibility index (Phi) is 14.4. The first-order chi connectivity index (χ1) is 21.6. The standard InChI is InChI=1S/C27H54N8O11/c1-27(42)10-43-26(21(40)24(27)33-2)46-23-14(35-25(41)19(38)18(37)15(36)7-28)6-13(31)22(20(23)39)45-17-5-11(30)3-4-12(44-17)9-34-16(32)8-29/h11-15,17-24,26,33,36-40,42H,3-10,28-31H2,1-2H3,(H2,32,34)(H,35,41). The maximum atomic E-state index is 12.9. The van der Waals surface area contributed by atoms with E-state index in [-0.39, 0.29) is 44.4 Å². The van der Waals surface area contributed by atoms with Crippen LogP contribution in [0.2, 0.25) is 0 Å². The Hall–Kier alpha value is -1.66. The Morgan fingerprint density at radius 2 is 1.78 bits per heavy atom. The molecule has 2 aliphatic heterocycles. The SMILES string of the molecule is CNC1C(O)C(OC2C(NC(=O)C(O)C(O)C(O)CN)CC(N)C(OC3CC(N)CCC(CN=C(N)CN)O3)C2O)OCC1(C)O. The summed E-state index contributed by atoms with van der Waals surface area (Å²) >= 11 is 0. The second-order valence-corrected chi connectivity index (χ2v) is 12.5. The number of ether oxygens (including phenoxy) is 4. The zero-order chi connectivity index (χ0) is 34.3. The van der Waals surface area contributed by atoms with E-state index < -0.39 is 97.6 Å². The highest BCUT2D eigenvalue weighted by Crippen LogP contribution is 2.32. The lowest BCUT2D eigenvalue weighted by molar-refractivity contribution is -0.305. The fourth-order valence-electron chi connectivity index (χ4n) is 6.02. The van der Waals surface area contributed by atoms with Gasteiger partial charge in [-0.3, -0.25) is 9.79 Å². The van der Waals surface area contributed by atoms with Crippen LogP contribution in [0, 0.1) is 0 Å². The molecule has 2 heterocycles. The Labute approximate surface area is 267 Å². The Morgan fingerprint density at radius 3 is 2.41 bits per heavy atom. The molecular formula is C27H54N8O11. The van der Waals surface area contributed by atoms with Crippen LogP contribution in [0.3, 0.4) is 0 Å². The van der Waals surface area contributed by atoms with Crippen molar-refractivity contribution < 1.29 is 54.4 Å². The molecule has 0 bridgehead atoms. The van der Waals surface area contributed by atoms with Gasteiger partial charge in [-0.05, 0) is 33.2 Å². The predicted molar refractivity (Wildman–Crippen MR) is 163 cm³/mol. The average Bonchev–Trinajstić information content (AvgIpc) is 3.19. The minimum atomic E-state index is -2.09. The quantitative estimate of drug-likeness (QED) is 0.0641. The van der Waals surface area contributed by atoms with E-state index in [1.165, 1.54) is 14.0 Å². The molecule has 3 rings (SSSR count). The third kappa shape index (κ3) is 9.71. The molecule has 15 unspecified atom stereocenters. The molecule has 1 saturated carbocycles. The topological polar surface area (TPSA) is 342 Å². The third-order valence-corrected chi connectivity index (χ3v) is 8.72. The smallest absolute Gasteiger partial charge is 0.251 e. The van der Waals surface area contributed by atoms with Gasteiger partial charge in [0, 0.05) is 25.0 Å². The first-order valence-corrected chi connectivity index (χ1v) is 15.5. The molecule has 0 radical (unpaired) electrons. The van der Waals surface area contributed by atoms with E-state index in [1.807, 2.05) is 0 Å². The van der Waals surface area contributed by atoms with E-state index in [1.54, 1.807) is 0 Å². The molecule has 3 fully saturated rings. The number of amides is 1. The van der Waals surface area contributed by atoms with Crippen LogP contribution in [0.15, 0.2) is 4.99 Å². The zero-order valence-electron chi connectivity index (χ0n) is 26.3. The number of amidine groups is 1. The fraction of sp³-hybridized carbons (Fsp3) is 0.926. The van der Waals surface area contributed by atoms with Crippen molar-refractivity contribution in [3.8, 4) is 0 Å². The summed E-state index contributed by atoms with van der Waals surface area (Å²) in [5.74, 6) is -0.839. The molecule has 15 atom stereocenters. The van der Waals surface area contributed by atoms with Crippen LogP contribution < -0.4 is 39.3 Å². The van der Waals surface area contributed by atoms with E-state index >= 15 is 0 Å². The number of aliphatic hydroxyl groups is 6. The summed E-state index contributed by atoms with van der Waals surface area (Å²) in [4.78, 5) is 17.2. The van der Waals surface area contributed by atoms with Crippen LogP contribution in [-0.2, 0) is 23.7 Å². The first kappa shape index (κ1) is 38.8. The van der Waals surface area contributed by atoms with Gasteiger partial charge in [-0.15, -0.1) is 0 Å². The van der Waals surface area contributed by atoms with E-state index in [4.69, 9.17) is 47.6 Å². The predicted octanol–water partition coefficient (Wildman–Crippen LogP) is -7.03. The normalized spacial score (nSPS) is 41.3. The largest absolute Gasteiger partial charge is 0.389 e. The highest BCUT2D eigenvalue weighted by Gasteiger charge is 2.52. The molecule has 19 nitrogen and oxygen atoms in total. The summed E-state index contributed by atoms with van der Waals surface area (Å²) in [6, 6.07) is -3.22. The number of carbonyl (C=O) groups excluding carboxylic acids is 1. The minimum Gasteiger partial charge on any atom is -0.389 e. The third-order valence-electron chi connectivity index (χ3n) is 8.72. The van der Waals surface area contributed by atoms with Crippen LogP contribution in [0.1, 0.15) is 32.6 Å². The lowest BCUT2D eigenvalue weighted by atomic mass is 9.83. The number of nitrogens with zero attached hydrogens (tertiary/aromatic N) is 1. The monoisotopic (exact) mass is 666 g/mol. The molecule has 3 aliphatic rings. The number of nitrogens with one attached hydrogen (secondary N) is 2. The summed E-state index contributed by atoms with van der Waals surface area (Å²) < 4.78 is 24.0. The van der Waals surface area contributed by atoms with Gasteiger partial charge in [0.2, 0.25) is 0 Å². The Morgan fingerprint density at radius 1 is 1.09 bits per heavy atom. The number of likely N-dealkylation sites (N-methyl/N-ethyl adjacent to an activating group) is 1. The van der Waals surface area contributed by atoms with Crippen LogP contribution in [0.4, 0.5) is 0 Å². The Balaban J connectivity index is 1.84. The van der Waals surface area contributed by atoms with Gasteiger partial charge in [0.25, 0.3) is 5.91 Å². The van der Waals surface area contributed by atoms with Crippen molar-refractivity contribution in [2.75, 3.05) is 33.3 Å². The zero-order valence-corrected chi connectivity index (χ0v) is 26.3. The molecular weight excluding hydrogens is 612 g/mol. The lowest BCUT2D eigenvalue weighted by Crippen LogP contribution is -2.69. The van der Waals surface area contributed by atoms with Crippen molar-refractivity contribution in [1.82, 2.24) is 10.6 Å². The van der Waals surface area contributed by atoms with Gasteiger partial charge in [0.15, 0.2) is 18.7 Å². The van der Waals surface area contributed by atoms with Crippen molar-refractivity contribution in [3.05, 3.63) is 0 Å². The van der Waals surface area contributed by atoms with Crippen molar-refractivity contribution in [3.63, 3.8) is 0 Å². The van der Waals surface area contributed by atoms with Gasteiger partial charge >= 0.3 is 0 Å². The highest BCUT2D eigenvalue weighted by molar-refractivity contribution is 5.82. The lowest BCUT2D eigenvalue weighted by Gasteiger charge is -2.48. The molecule has 18 N–H and O–H groups in total. The molecule has 0 aromatic carbocycles. The number of hydrogen-bond acceptors (Lipinski definition) is 17. The number of aliphatic hydroxyl groups excluding tert-OH is 5. The average molecular weight is 667 g/mol. The van der Waals surface area contributed by atoms with Crippen molar-refractivity contribution in [2.45, 2.75) is 124 Å². The van der Waals surface area contributed by atoms with Gasteiger partial charge in [0.05, 0.1) is 44.0 Å². The summed E-state index contributed by atoms with van der Waals surface area (Å²) in [6.45, 7) is 1.11. The summed E-state index contributed by atoms with van der Waals surface area (Å²) in [7, 11) is 1.54. The summed E-state index contributed by atoms with van der Waals surface area (Å²) in [6.07, 6.45) is -12.4. The van der Waals surface area contributed by atoms with Crippen molar-refractivity contribution in [1.29, 1.82) is 0 Å². The van der Waals surface area contributed by atoms with Gasteiger partial charge in [-0.2, -0.15) is 0 Å². The number of rotatable bonds is 13. The van der Waals surface area contributed by atoms with E-state index in [9.17, 15) is 35.4 Å². The second-order valence-electron chi connectivity index (χ2n) is 12.5. The van der Waals surface area contributed by atoms with E-state index in [2.05, 4.69) is 15.6 Å². The Bertz CT molecular complexity index is 999. The fourth-order valence-corrected chi connectivity index (χ4v) is 6.02. The molecule has 0 spiro atoms. The number of aliphatic imine (C=N–C) groups is 1. The molecule has 1 aliphatic carbocycles. The molecule has 2 saturated heterocycles. The molecule has 0 aromatic rings. The first-order valence-electron chi connectivity index (χ1n) is 15.5. The van der Waals surface area contributed by atoms with Crippen molar-refractivity contribution in [2.24, 2.45) is 33.7 Å². The molecule has 0 aromatic heterocycles. The van der Waals surface area contributed by atoms with Crippen LogP contribution in [0.25, 0.3) is 0 Å². The van der Waals surface area contributed by atoms with Gasteiger partial charge in [-0.25, -0.2) is 0 Å². The molecule has 268 valence electrons. The highest BCUT2D eigenvalue weighted by atomic mass is 16.7. The molecule has 19 heteroatoms. The van der Waals surface area contributed by atoms with E-state index in [0.717, 1.165) is 0 Å². The van der Waals surface area contributed by atoms with Gasteiger partial charge in [-0.1, -0.05) is 0 Å². The summed E-state index contributed by atoms with van der Waals surface area (Å²) in [5, 5.41) is 69.0. The maximum Gasteiger partial charge on any atom is 0.251 e. The second kappa shape index (κ2) is 17.1. The van der Waals surface area contributed by atoms with Crippen LogP contribution >= 0.6 is 0 Å². The molecule has 1 amide bonds. The van der Waals surface area contributed by atoms with Crippen LogP contribution in [0.5, 0.6) is 0 Å². The number of hydrogen-bond donors (Lipinski definition) is 13. The van der Waals surface area contributed by atoms with Gasteiger partial charge < -0.3 is 88.9 Å². The molecule has 46 heavy (non-hydrogen) atoms. The van der Waals surface area contributed by atoms with E-state index in [0.29, 0.717) is 12.8 Å². The van der Waals surface area contributed by atoms with Crippen LogP contribution in [-0.4, -0.2) is 167 Å². The maximum absolute atomic E-state index is 12.9.